The first-order chi connectivity index (χ1) is 16.4. The Balaban J connectivity index is 1.78. The fourth-order valence-corrected chi connectivity index (χ4v) is 5.28. The van der Waals surface area contributed by atoms with E-state index in [4.69, 9.17) is 18.9 Å². The predicted octanol–water partition coefficient (Wildman–Crippen LogP) is 3.32. The first-order valence-corrected chi connectivity index (χ1v) is 12.5. The lowest BCUT2D eigenvalue weighted by Crippen LogP contribution is -2.43. The van der Waals surface area contributed by atoms with E-state index in [0.717, 1.165) is 11.4 Å². The Hall–Kier alpha value is -2.94. The van der Waals surface area contributed by atoms with Gasteiger partial charge >= 0.3 is 11.9 Å². The summed E-state index contributed by atoms with van der Waals surface area (Å²) in [7, 11) is 1.28. The highest BCUT2D eigenvalue weighted by Gasteiger charge is 2.47. The Morgan fingerprint density at radius 1 is 1.24 bits per heavy atom. The highest BCUT2D eigenvalue weighted by Crippen LogP contribution is 2.47. The van der Waals surface area contributed by atoms with Crippen molar-refractivity contribution < 1.29 is 33.3 Å². The number of fused-ring (bicyclic) bond motifs is 1. The van der Waals surface area contributed by atoms with Crippen LogP contribution in [0.2, 0.25) is 0 Å². The van der Waals surface area contributed by atoms with E-state index in [1.807, 2.05) is 26.8 Å². The lowest BCUT2D eigenvalue weighted by molar-refractivity contribution is -0.151. The lowest BCUT2D eigenvalue weighted by atomic mass is 9.69. The van der Waals surface area contributed by atoms with Crippen LogP contribution in [0.3, 0.4) is 0 Å². The van der Waals surface area contributed by atoms with Crippen LogP contribution in [0.15, 0.2) is 40.7 Å². The molecule has 1 aromatic rings. The predicted molar refractivity (Wildman–Crippen MR) is 126 cm³/mol. The Labute approximate surface area is 203 Å². The highest BCUT2D eigenvalue weighted by atomic mass is 32.2. The molecule has 1 N–H and O–H groups in total. The minimum atomic E-state index is -0.932. The number of ether oxygens (including phenoxy) is 4. The number of ketones is 1. The van der Waals surface area contributed by atoms with Gasteiger partial charge in [0.2, 0.25) is 6.79 Å². The van der Waals surface area contributed by atoms with Crippen molar-refractivity contribution in [1.29, 1.82) is 0 Å². The number of rotatable bonds is 7. The van der Waals surface area contributed by atoms with Crippen LogP contribution in [-0.4, -0.2) is 49.7 Å². The van der Waals surface area contributed by atoms with Crippen LogP contribution in [0.5, 0.6) is 11.5 Å². The van der Waals surface area contributed by atoms with Gasteiger partial charge in [-0.25, -0.2) is 4.79 Å². The average molecular weight is 488 g/mol. The van der Waals surface area contributed by atoms with Gasteiger partial charge in [-0.05, 0) is 42.7 Å². The first kappa shape index (κ1) is 24.2. The molecule has 34 heavy (non-hydrogen) atoms. The van der Waals surface area contributed by atoms with Crippen LogP contribution in [0, 0.1) is 11.8 Å². The van der Waals surface area contributed by atoms with Gasteiger partial charge in [-0.3, -0.25) is 9.59 Å². The molecular formula is C25H29NO7S. The maximum absolute atomic E-state index is 13.7. The van der Waals surface area contributed by atoms with Crippen LogP contribution >= 0.6 is 11.8 Å². The van der Waals surface area contributed by atoms with Crippen molar-refractivity contribution in [3.63, 3.8) is 0 Å². The molecule has 3 atom stereocenters. The van der Waals surface area contributed by atoms with Crippen LogP contribution in [0.25, 0.3) is 0 Å². The third kappa shape index (κ3) is 4.41. The van der Waals surface area contributed by atoms with E-state index in [2.05, 4.69) is 5.32 Å². The van der Waals surface area contributed by atoms with Gasteiger partial charge in [-0.1, -0.05) is 19.9 Å². The summed E-state index contributed by atoms with van der Waals surface area (Å²) in [4.78, 5) is 39.5. The van der Waals surface area contributed by atoms with Gasteiger partial charge in [0, 0.05) is 28.6 Å². The second-order valence-corrected chi connectivity index (χ2v) is 9.87. The number of benzene rings is 1. The molecule has 4 rings (SSSR count). The fourth-order valence-electron chi connectivity index (χ4n) is 4.79. The number of carbonyl (C=O) groups excluding carboxylic acids is 3. The largest absolute Gasteiger partial charge is 0.468 e. The Kier molecular flexibility index (Phi) is 7.21. The topological polar surface area (TPSA) is 100 Å². The molecule has 0 bridgehead atoms. The molecular weight excluding hydrogens is 458 g/mol. The summed E-state index contributed by atoms with van der Waals surface area (Å²) in [6.45, 7) is 6.08. The smallest absolute Gasteiger partial charge is 0.336 e. The quantitative estimate of drug-likeness (QED) is 0.353. The van der Waals surface area contributed by atoms with Crippen molar-refractivity contribution >= 4 is 29.5 Å². The minimum absolute atomic E-state index is 0.110. The second-order valence-electron chi connectivity index (χ2n) is 8.48. The number of hydrogen-bond acceptors (Lipinski definition) is 9. The van der Waals surface area contributed by atoms with Gasteiger partial charge in [0.05, 0.1) is 12.7 Å². The molecule has 0 spiro atoms. The van der Waals surface area contributed by atoms with Crippen LogP contribution in [0.4, 0.5) is 0 Å². The standard InChI is InChI=1S/C25H29NO7S/c1-5-34-9-8-31-25(29)20-14(3)26-16-10-13(2)19(24(28)30-4)23(27)22(16)21(20)15-6-7-17-18(11-15)33-12-32-17/h6-7,11,13,19,21,26H,5,8-10,12H2,1-4H3/t13-,19+,21-/m0/s1. The van der Waals surface area contributed by atoms with Gasteiger partial charge in [0.15, 0.2) is 17.3 Å². The number of methoxy groups -OCH3 is 1. The number of thioether (sulfide) groups is 1. The zero-order valence-corrected chi connectivity index (χ0v) is 20.6. The number of allylic oxidation sites excluding steroid dienone is 3. The number of dihydropyridines is 1. The first-order valence-electron chi connectivity index (χ1n) is 11.3. The average Bonchev–Trinajstić information content (AvgIpc) is 3.28. The van der Waals surface area contributed by atoms with E-state index < -0.39 is 23.8 Å². The summed E-state index contributed by atoms with van der Waals surface area (Å²) >= 11 is 1.68. The molecule has 0 amide bonds. The highest BCUT2D eigenvalue weighted by molar-refractivity contribution is 7.99. The number of nitrogens with one attached hydrogen (secondary N) is 1. The van der Waals surface area contributed by atoms with E-state index in [0.29, 0.717) is 46.1 Å². The molecule has 0 aromatic heterocycles. The third-order valence-electron chi connectivity index (χ3n) is 6.36. The minimum Gasteiger partial charge on any atom is -0.468 e. The van der Waals surface area contributed by atoms with Crippen LogP contribution in [0.1, 0.15) is 38.7 Å². The third-order valence-corrected chi connectivity index (χ3v) is 7.22. The number of hydrogen-bond donors (Lipinski definition) is 1. The summed E-state index contributed by atoms with van der Waals surface area (Å²) < 4.78 is 21.5. The van der Waals surface area contributed by atoms with E-state index >= 15 is 0 Å². The van der Waals surface area contributed by atoms with Crippen molar-refractivity contribution in [1.82, 2.24) is 5.32 Å². The Morgan fingerprint density at radius 3 is 2.74 bits per heavy atom. The molecule has 0 unspecified atom stereocenters. The maximum atomic E-state index is 13.7. The molecule has 0 saturated heterocycles. The van der Waals surface area contributed by atoms with Crippen molar-refractivity contribution in [2.45, 2.75) is 33.1 Å². The summed E-state index contributed by atoms with van der Waals surface area (Å²) in [5.74, 6) is -0.510. The normalized spacial score (nSPS) is 23.4. The number of carbonyl (C=O) groups is 3. The van der Waals surface area contributed by atoms with Gasteiger partial charge in [-0.2, -0.15) is 11.8 Å². The van der Waals surface area contributed by atoms with Gasteiger partial charge in [0.1, 0.15) is 12.5 Å². The molecule has 182 valence electrons. The van der Waals surface area contributed by atoms with Crippen molar-refractivity contribution in [3.05, 3.63) is 46.3 Å². The molecule has 0 saturated carbocycles. The zero-order chi connectivity index (χ0) is 24.4. The van der Waals surface area contributed by atoms with E-state index in [-0.39, 0.29) is 25.1 Å². The summed E-state index contributed by atoms with van der Waals surface area (Å²) in [6, 6.07) is 5.37. The summed E-state index contributed by atoms with van der Waals surface area (Å²) in [6.07, 6.45) is 0.481. The van der Waals surface area contributed by atoms with E-state index in [1.165, 1.54) is 7.11 Å². The van der Waals surface area contributed by atoms with Gasteiger partial charge < -0.3 is 24.3 Å². The molecule has 3 aliphatic rings. The van der Waals surface area contributed by atoms with Gasteiger partial charge in [-0.15, -0.1) is 0 Å². The summed E-state index contributed by atoms with van der Waals surface area (Å²) in [5.41, 5.74) is 2.79. The van der Waals surface area contributed by atoms with E-state index in [1.54, 1.807) is 23.9 Å². The monoisotopic (exact) mass is 487 g/mol. The Bertz CT molecular complexity index is 1080. The van der Waals surface area contributed by atoms with E-state index in [9.17, 15) is 14.4 Å². The van der Waals surface area contributed by atoms with Crippen LogP contribution in [-0.2, 0) is 23.9 Å². The van der Waals surface area contributed by atoms with Crippen LogP contribution < -0.4 is 14.8 Å². The molecule has 8 nitrogen and oxygen atoms in total. The maximum Gasteiger partial charge on any atom is 0.336 e. The Morgan fingerprint density at radius 2 is 2.00 bits per heavy atom. The molecule has 0 radical (unpaired) electrons. The van der Waals surface area contributed by atoms with Crippen molar-refractivity contribution in [2.24, 2.45) is 11.8 Å². The van der Waals surface area contributed by atoms with Gasteiger partial charge in [0.25, 0.3) is 0 Å². The number of Topliss-reactive ketones (excluding diaryl/α,β-unsaturated/α-hetero) is 1. The molecule has 0 fully saturated rings. The summed E-state index contributed by atoms with van der Waals surface area (Å²) in [5, 5.41) is 3.27. The SMILES string of the molecule is CCSCCOC(=O)C1=C(C)NC2=C(C(=O)[C@H](C(=O)OC)[C@@H](C)C2)[C@H]1c1ccc2c(c1)OCO2. The molecule has 2 heterocycles. The molecule has 1 aromatic carbocycles. The zero-order valence-electron chi connectivity index (χ0n) is 19.8. The van der Waals surface area contributed by atoms with Crippen molar-refractivity contribution in [3.8, 4) is 11.5 Å². The molecule has 1 aliphatic carbocycles. The molecule has 9 heteroatoms. The fraction of sp³-hybridized carbons (Fsp3) is 0.480. The lowest BCUT2D eigenvalue weighted by Gasteiger charge is -2.38. The number of esters is 2. The molecule has 2 aliphatic heterocycles. The van der Waals surface area contributed by atoms with Crippen molar-refractivity contribution in [2.75, 3.05) is 32.0 Å². The second kappa shape index (κ2) is 10.1.